The fraction of sp³-hybridized carbons (Fsp3) is 0.188. The molecule has 2 heterocycles. The van der Waals surface area contributed by atoms with E-state index in [-0.39, 0.29) is 0 Å². The number of benzene rings is 2. The molecule has 0 bridgehead atoms. The number of fused-ring (bicyclic) bond motifs is 2. The van der Waals surface area contributed by atoms with Crippen LogP contribution in [0.4, 0.5) is 5.95 Å². The lowest BCUT2D eigenvalue weighted by molar-refractivity contribution is 0.534. The van der Waals surface area contributed by atoms with E-state index in [1.54, 1.807) is 0 Å². The third kappa shape index (κ3) is 1.62. The summed E-state index contributed by atoms with van der Waals surface area (Å²) in [6.45, 7) is 0.977. The Morgan fingerprint density at radius 3 is 3.00 bits per heavy atom. The molecule has 3 aromatic rings. The molecule has 0 aliphatic carbocycles. The molecule has 0 saturated heterocycles. The number of aromatic nitrogens is 2. The summed E-state index contributed by atoms with van der Waals surface area (Å²) in [6, 6.07) is 15.5. The lowest BCUT2D eigenvalue weighted by Gasteiger charge is -2.27. The van der Waals surface area contributed by atoms with E-state index >= 15 is 0 Å². The SMILES string of the molecule is c1ccc2c(C3CCNc4nccn43)cccc2c1. The number of hydrogen-bond acceptors (Lipinski definition) is 2. The smallest absolute Gasteiger partial charge is 0.203 e. The molecule has 0 fully saturated rings. The minimum atomic E-state index is 0.379. The van der Waals surface area contributed by atoms with Crippen LogP contribution in [0.15, 0.2) is 54.9 Å². The van der Waals surface area contributed by atoms with Crippen LogP contribution >= 0.6 is 0 Å². The zero-order valence-electron chi connectivity index (χ0n) is 10.6. The Bertz CT molecular complexity index is 724. The molecule has 19 heavy (non-hydrogen) atoms. The van der Waals surface area contributed by atoms with Crippen molar-refractivity contribution in [3.63, 3.8) is 0 Å². The summed E-state index contributed by atoms with van der Waals surface area (Å²) < 4.78 is 2.24. The van der Waals surface area contributed by atoms with Crippen LogP contribution in [0.5, 0.6) is 0 Å². The first kappa shape index (κ1) is 10.6. The van der Waals surface area contributed by atoms with Crippen molar-refractivity contribution in [3.8, 4) is 0 Å². The van der Waals surface area contributed by atoms with Crippen molar-refractivity contribution in [2.75, 3.05) is 11.9 Å². The summed E-state index contributed by atoms with van der Waals surface area (Å²) in [5, 5.41) is 5.99. The fourth-order valence-electron chi connectivity index (χ4n) is 3.01. The van der Waals surface area contributed by atoms with Gasteiger partial charge in [0.1, 0.15) is 0 Å². The van der Waals surface area contributed by atoms with Crippen LogP contribution in [0.1, 0.15) is 18.0 Å². The molecule has 2 aromatic carbocycles. The largest absolute Gasteiger partial charge is 0.356 e. The number of hydrogen-bond donors (Lipinski definition) is 1. The predicted octanol–water partition coefficient (Wildman–Crippen LogP) is 3.44. The minimum absolute atomic E-state index is 0.379. The van der Waals surface area contributed by atoms with Crippen LogP contribution in [0.2, 0.25) is 0 Å². The molecular formula is C16H15N3. The Hall–Kier alpha value is -2.29. The van der Waals surface area contributed by atoms with Crippen molar-refractivity contribution < 1.29 is 0 Å². The molecule has 1 aliphatic heterocycles. The molecule has 1 unspecified atom stereocenters. The van der Waals surface area contributed by atoms with Crippen LogP contribution in [0, 0.1) is 0 Å². The number of rotatable bonds is 1. The van der Waals surface area contributed by atoms with E-state index in [2.05, 4.69) is 63.5 Å². The first-order chi connectivity index (χ1) is 9.43. The molecular weight excluding hydrogens is 234 g/mol. The van der Waals surface area contributed by atoms with E-state index in [1.165, 1.54) is 16.3 Å². The topological polar surface area (TPSA) is 29.9 Å². The molecule has 0 saturated carbocycles. The molecule has 4 rings (SSSR count). The lowest BCUT2D eigenvalue weighted by Crippen LogP contribution is -2.23. The van der Waals surface area contributed by atoms with Gasteiger partial charge in [0.05, 0.1) is 6.04 Å². The number of nitrogens with one attached hydrogen (secondary N) is 1. The molecule has 1 aromatic heterocycles. The van der Waals surface area contributed by atoms with Crippen LogP contribution in [-0.4, -0.2) is 16.1 Å². The van der Waals surface area contributed by atoms with E-state index in [1.807, 2.05) is 6.20 Å². The van der Waals surface area contributed by atoms with E-state index < -0.39 is 0 Å². The Morgan fingerprint density at radius 2 is 2.00 bits per heavy atom. The average molecular weight is 249 g/mol. The number of imidazole rings is 1. The van der Waals surface area contributed by atoms with Gasteiger partial charge in [0.2, 0.25) is 5.95 Å². The highest BCUT2D eigenvalue weighted by Gasteiger charge is 2.22. The van der Waals surface area contributed by atoms with Gasteiger partial charge in [-0.1, -0.05) is 42.5 Å². The minimum Gasteiger partial charge on any atom is -0.356 e. The fourth-order valence-corrected chi connectivity index (χ4v) is 3.01. The van der Waals surface area contributed by atoms with E-state index in [0.717, 1.165) is 18.9 Å². The molecule has 1 aliphatic rings. The average Bonchev–Trinajstić information content (AvgIpc) is 2.95. The highest BCUT2D eigenvalue weighted by Crippen LogP contribution is 2.33. The molecule has 1 N–H and O–H groups in total. The molecule has 3 heteroatoms. The first-order valence-electron chi connectivity index (χ1n) is 6.68. The highest BCUT2D eigenvalue weighted by atomic mass is 15.2. The van der Waals surface area contributed by atoms with Gasteiger partial charge < -0.3 is 9.88 Å². The van der Waals surface area contributed by atoms with E-state index in [9.17, 15) is 0 Å². The Balaban J connectivity index is 1.93. The second-order valence-corrected chi connectivity index (χ2v) is 4.96. The molecule has 0 radical (unpaired) electrons. The van der Waals surface area contributed by atoms with Gasteiger partial charge in [-0.15, -0.1) is 0 Å². The van der Waals surface area contributed by atoms with Gasteiger partial charge in [-0.2, -0.15) is 0 Å². The number of anilines is 1. The van der Waals surface area contributed by atoms with E-state index in [0.29, 0.717) is 6.04 Å². The van der Waals surface area contributed by atoms with Crippen molar-refractivity contribution in [2.45, 2.75) is 12.5 Å². The molecule has 1 atom stereocenters. The van der Waals surface area contributed by atoms with Gasteiger partial charge in [0.25, 0.3) is 0 Å². The van der Waals surface area contributed by atoms with E-state index in [4.69, 9.17) is 0 Å². The van der Waals surface area contributed by atoms with Crippen LogP contribution in [0.25, 0.3) is 10.8 Å². The zero-order valence-corrected chi connectivity index (χ0v) is 10.6. The summed E-state index contributed by atoms with van der Waals surface area (Å²) in [5.41, 5.74) is 1.39. The van der Waals surface area contributed by atoms with Gasteiger partial charge in [-0.3, -0.25) is 0 Å². The second-order valence-electron chi connectivity index (χ2n) is 4.96. The maximum absolute atomic E-state index is 4.36. The quantitative estimate of drug-likeness (QED) is 0.716. The second kappa shape index (κ2) is 4.12. The predicted molar refractivity (Wildman–Crippen MR) is 77.4 cm³/mol. The summed E-state index contributed by atoms with van der Waals surface area (Å²) in [5.74, 6) is 0.976. The summed E-state index contributed by atoms with van der Waals surface area (Å²) >= 11 is 0. The Kier molecular flexibility index (Phi) is 2.30. The van der Waals surface area contributed by atoms with Gasteiger partial charge >= 0.3 is 0 Å². The molecule has 94 valence electrons. The van der Waals surface area contributed by atoms with Gasteiger partial charge in [-0.05, 0) is 22.8 Å². The Morgan fingerprint density at radius 1 is 1.11 bits per heavy atom. The standard InChI is InChI=1S/C16H15N3/c1-2-6-13-12(4-1)5-3-7-14(13)15-8-9-17-16-18-10-11-19(15)16/h1-7,10-11,15H,8-9H2,(H,17,18). The lowest BCUT2D eigenvalue weighted by atomic mass is 9.96. The molecule has 3 nitrogen and oxygen atoms in total. The van der Waals surface area contributed by atoms with Crippen molar-refractivity contribution in [2.24, 2.45) is 0 Å². The number of nitrogens with zero attached hydrogens (tertiary/aromatic N) is 2. The van der Waals surface area contributed by atoms with Crippen molar-refractivity contribution in [1.29, 1.82) is 0 Å². The van der Waals surface area contributed by atoms with Gasteiger partial charge in [0, 0.05) is 18.9 Å². The highest BCUT2D eigenvalue weighted by molar-refractivity contribution is 5.86. The summed E-state index contributed by atoms with van der Waals surface area (Å²) in [7, 11) is 0. The Labute approximate surface area is 111 Å². The van der Waals surface area contributed by atoms with Crippen molar-refractivity contribution in [3.05, 3.63) is 60.4 Å². The van der Waals surface area contributed by atoms with Crippen LogP contribution < -0.4 is 5.32 Å². The summed E-state index contributed by atoms with van der Waals surface area (Å²) in [6.07, 6.45) is 5.02. The van der Waals surface area contributed by atoms with Gasteiger partial charge in [0.15, 0.2) is 0 Å². The summed E-state index contributed by atoms with van der Waals surface area (Å²) in [4.78, 5) is 4.36. The zero-order chi connectivity index (χ0) is 12.7. The van der Waals surface area contributed by atoms with Crippen LogP contribution in [0.3, 0.4) is 0 Å². The third-order valence-electron chi connectivity index (χ3n) is 3.89. The van der Waals surface area contributed by atoms with Gasteiger partial charge in [-0.25, -0.2) is 4.98 Å². The molecule has 0 amide bonds. The maximum atomic E-state index is 4.36. The third-order valence-corrected chi connectivity index (χ3v) is 3.89. The first-order valence-corrected chi connectivity index (χ1v) is 6.68. The molecule has 0 spiro atoms. The van der Waals surface area contributed by atoms with Crippen molar-refractivity contribution in [1.82, 2.24) is 9.55 Å². The van der Waals surface area contributed by atoms with Crippen LogP contribution in [-0.2, 0) is 0 Å². The normalized spacial score (nSPS) is 18.0. The van der Waals surface area contributed by atoms with Crippen molar-refractivity contribution >= 4 is 16.7 Å². The monoisotopic (exact) mass is 249 g/mol. The maximum Gasteiger partial charge on any atom is 0.203 e.